The second-order valence-electron chi connectivity index (χ2n) is 5.50. The van der Waals surface area contributed by atoms with Crippen molar-refractivity contribution in [2.45, 2.75) is 46.1 Å². The van der Waals surface area contributed by atoms with E-state index < -0.39 is 0 Å². The molecule has 0 radical (unpaired) electrons. The number of nitrogens with two attached hydrogens (primary N) is 1. The third-order valence-electron chi connectivity index (χ3n) is 3.14. The average molecular weight is 198 g/mol. The molecule has 1 aliphatic carbocycles. The number of rotatable bonds is 6. The lowest BCUT2D eigenvalue weighted by molar-refractivity contribution is 0.192. The van der Waals surface area contributed by atoms with E-state index in [-0.39, 0.29) is 5.54 Å². The van der Waals surface area contributed by atoms with Gasteiger partial charge >= 0.3 is 0 Å². The molecule has 1 aliphatic rings. The van der Waals surface area contributed by atoms with Gasteiger partial charge in [0.15, 0.2) is 0 Å². The van der Waals surface area contributed by atoms with E-state index in [4.69, 9.17) is 5.73 Å². The van der Waals surface area contributed by atoms with Crippen molar-refractivity contribution in [2.24, 2.45) is 17.6 Å². The summed E-state index contributed by atoms with van der Waals surface area (Å²) in [5.74, 6) is 1.52. The Kier molecular flexibility index (Phi) is 3.96. The van der Waals surface area contributed by atoms with E-state index in [0.29, 0.717) is 0 Å². The van der Waals surface area contributed by atoms with Crippen molar-refractivity contribution in [3.8, 4) is 0 Å². The summed E-state index contributed by atoms with van der Waals surface area (Å²) in [6, 6.07) is 0. The number of likely N-dealkylation sites (N-methyl/N-ethyl adjacent to an activating group) is 1. The molecule has 0 bridgehead atoms. The summed E-state index contributed by atoms with van der Waals surface area (Å²) in [5.41, 5.74) is 6.38. The first kappa shape index (κ1) is 12.0. The van der Waals surface area contributed by atoms with Crippen LogP contribution in [0.5, 0.6) is 0 Å². The SMILES string of the molecule is CCN(CC(C)C)CC(C)(N)C1CC1. The van der Waals surface area contributed by atoms with Crippen molar-refractivity contribution in [1.29, 1.82) is 0 Å². The quantitative estimate of drug-likeness (QED) is 0.708. The van der Waals surface area contributed by atoms with Crippen LogP contribution >= 0.6 is 0 Å². The minimum Gasteiger partial charge on any atom is -0.324 e. The van der Waals surface area contributed by atoms with Crippen LogP contribution in [0.4, 0.5) is 0 Å². The van der Waals surface area contributed by atoms with E-state index in [9.17, 15) is 0 Å². The van der Waals surface area contributed by atoms with Crippen LogP contribution in [0.1, 0.15) is 40.5 Å². The Hall–Kier alpha value is -0.0800. The lowest BCUT2D eigenvalue weighted by Gasteiger charge is -2.33. The molecule has 84 valence electrons. The van der Waals surface area contributed by atoms with Crippen molar-refractivity contribution in [1.82, 2.24) is 4.90 Å². The second-order valence-corrected chi connectivity index (χ2v) is 5.50. The summed E-state index contributed by atoms with van der Waals surface area (Å²) in [4.78, 5) is 2.49. The molecule has 1 saturated carbocycles. The summed E-state index contributed by atoms with van der Waals surface area (Å²) in [7, 11) is 0. The first-order valence-electron chi connectivity index (χ1n) is 5.97. The Labute approximate surface area is 88.8 Å². The third-order valence-corrected chi connectivity index (χ3v) is 3.14. The summed E-state index contributed by atoms with van der Waals surface area (Å²) < 4.78 is 0. The Balaban J connectivity index is 2.38. The molecule has 1 fully saturated rings. The van der Waals surface area contributed by atoms with Gasteiger partial charge in [-0.1, -0.05) is 20.8 Å². The van der Waals surface area contributed by atoms with Crippen molar-refractivity contribution in [3.63, 3.8) is 0 Å². The maximum absolute atomic E-state index is 6.33. The van der Waals surface area contributed by atoms with Crippen LogP contribution in [0.15, 0.2) is 0 Å². The maximum atomic E-state index is 6.33. The van der Waals surface area contributed by atoms with E-state index in [0.717, 1.165) is 24.9 Å². The molecule has 2 N–H and O–H groups in total. The van der Waals surface area contributed by atoms with Crippen molar-refractivity contribution in [2.75, 3.05) is 19.6 Å². The van der Waals surface area contributed by atoms with Gasteiger partial charge in [0, 0.05) is 18.6 Å². The van der Waals surface area contributed by atoms with Gasteiger partial charge in [-0.25, -0.2) is 0 Å². The molecule has 0 aromatic carbocycles. The third kappa shape index (κ3) is 3.58. The summed E-state index contributed by atoms with van der Waals surface area (Å²) in [6.45, 7) is 12.3. The highest BCUT2D eigenvalue weighted by atomic mass is 15.1. The van der Waals surface area contributed by atoms with E-state index >= 15 is 0 Å². The molecule has 2 nitrogen and oxygen atoms in total. The lowest BCUT2D eigenvalue weighted by Crippen LogP contribution is -2.50. The summed E-state index contributed by atoms with van der Waals surface area (Å²) in [6.07, 6.45) is 2.68. The Morgan fingerprint density at radius 3 is 2.36 bits per heavy atom. The van der Waals surface area contributed by atoms with Gasteiger partial charge in [-0.2, -0.15) is 0 Å². The second kappa shape index (κ2) is 4.63. The van der Waals surface area contributed by atoms with E-state index in [1.807, 2.05) is 0 Å². The molecule has 1 atom stereocenters. The molecule has 0 spiro atoms. The Bertz CT molecular complexity index is 171. The molecule has 0 heterocycles. The molecule has 14 heavy (non-hydrogen) atoms. The predicted octanol–water partition coefficient (Wildman–Crippen LogP) is 2.09. The van der Waals surface area contributed by atoms with Crippen LogP contribution in [0.25, 0.3) is 0 Å². The van der Waals surface area contributed by atoms with E-state index in [1.165, 1.54) is 19.4 Å². The monoisotopic (exact) mass is 198 g/mol. The van der Waals surface area contributed by atoms with Crippen molar-refractivity contribution in [3.05, 3.63) is 0 Å². The molecule has 0 saturated heterocycles. The number of nitrogens with zero attached hydrogens (tertiary/aromatic N) is 1. The van der Waals surface area contributed by atoms with Gasteiger partial charge < -0.3 is 10.6 Å². The zero-order valence-corrected chi connectivity index (χ0v) is 10.2. The fourth-order valence-electron chi connectivity index (χ4n) is 2.18. The lowest BCUT2D eigenvalue weighted by atomic mass is 9.96. The maximum Gasteiger partial charge on any atom is 0.0283 e. The molecule has 0 aliphatic heterocycles. The molecule has 2 heteroatoms. The standard InChI is InChI=1S/C12H26N2/c1-5-14(8-10(2)3)9-12(4,13)11-6-7-11/h10-11H,5-9,13H2,1-4H3. The number of hydrogen-bond acceptors (Lipinski definition) is 2. The highest BCUT2D eigenvalue weighted by Crippen LogP contribution is 2.38. The molecule has 0 aromatic heterocycles. The van der Waals surface area contributed by atoms with E-state index in [2.05, 4.69) is 32.6 Å². The summed E-state index contributed by atoms with van der Waals surface area (Å²) in [5, 5.41) is 0. The van der Waals surface area contributed by atoms with Crippen molar-refractivity contribution >= 4 is 0 Å². The fourth-order valence-corrected chi connectivity index (χ4v) is 2.18. The van der Waals surface area contributed by atoms with Gasteiger partial charge in [-0.05, 0) is 38.1 Å². The van der Waals surface area contributed by atoms with Crippen LogP contribution < -0.4 is 5.73 Å². The van der Waals surface area contributed by atoms with Gasteiger partial charge in [0.2, 0.25) is 0 Å². The molecular weight excluding hydrogens is 172 g/mol. The van der Waals surface area contributed by atoms with Crippen LogP contribution in [0, 0.1) is 11.8 Å². The predicted molar refractivity (Wildman–Crippen MR) is 62.3 cm³/mol. The Morgan fingerprint density at radius 2 is 2.00 bits per heavy atom. The zero-order valence-electron chi connectivity index (χ0n) is 10.2. The van der Waals surface area contributed by atoms with Crippen molar-refractivity contribution < 1.29 is 0 Å². The minimum absolute atomic E-state index is 0.0465. The van der Waals surface area contributed by atoms with Gasteiger partial charge in [0.1, 0.15) is 0 Å². The molecule has 0 aromatic rings. The van der Waals surface area contributed by atoms with Gasteiger partial charge in [-0.3, -0.25) is 0 Å². The van der Waals surface area contributed by atoms with Gasteiger partial charge in [-0.15, -0.1) is 0 Å². The smallest absolute Gasteiger partial charge is 0.0283 e. The number of hydrogen-bond donors (Lipinski definition) is 1. The molecule has 1 rings (SSSR count). The average Bonchev–Trinajstić information content (AvgIpc) is 2.83. The first-order chi connectivity index (χ1) is 6.45. The van der Waals surface area contributed by atoms with Crippen LogP contribution in [0.3, 0.4) is 0 Å². The largest absolute Gasteiger partial charge is 0.324 e. The topological polar surface area (TPSA) is 29.3 Å². The van der Waals surface area contributed by atoms with Gasteiger partial charge in [0.05, 0.1) is 0 Å². The highest BCUT2D eigenvalue weighted by molar-refractivity contribution is 4.97. The van der Waals surface area contributed by atoms with E-state index in [1.54, 1.807) is 0 Å². The van der Waals surface area contributed by atoms with Crippen LogP contribution in [-0.2, 0) is 0 Å². The first-order valence-corrected chi connectivity index (χ1v) is 5.97. The fraction of sp³-hybridized carbons (Fsp3) is 1.00. The van der Waals surface area contributed by atoms with Gasteiger partial charge in [0.25, 0.3) is 0 Å². The molecule has 0 amide bonds. The normalized spacial score (nSPS) is 21.6. The summed E-state index contributed by atoms with van der Waals surface area (Å²) >= 11 is 0. The minimum atomic E-state index is 0.0465. The molecule has 1 unspecified atom stereocenters. The highest BCUT2D eigenvalue weighted by Gasteiger charge is 2.39. The zero-order chi connectivity index (χ0) is 10.8. The molecular formula is C12H26N2. The Morgan fingerprint density at radius 1 is 1.43 bits per heavy atom. The van der Waals surface area contributed by atoms with Crippen LogP contribution in [-0.4, -0.2) is 30.1 Å². The van der Waals surface area contributed by atoms with Crippen LogP contribution in [0.2, 0.25) is 0 Å².